The van der Waals surface area contributed by atoms with Crippen molar-refractivity contribution in [1.29, 1.82) is 0 Å². The summed E-state index contributed by atoms with van der Waals surface area (Å²) < 4.78 is 12.4. The number of aliphatic imine (C=N–C) groups is 1. The lowest BCUT2D eigenvalue weighted by Crippen LogP contribution is -2.00. The van der Waals surface area contributed by atoms with Gasteiger partial charge in [-0.15, -0.1) is 12.6 Å². The summed E-state index contributed by atoms with van der Waals surface area (Å²) >= 11 is 6.19. The molecule has 162 valence electrons. The number of nitrogens with zero attached hydrogens (tertiary/aromatic N) is 1. The van der Waals surface area contributed by atoms with Crippen LogP contribution in [0.2, 0.25) is 0 Å². The maximum absolute atomic E-state index is 6.25. The van der Waals surface area contributed by atoms with Crippen LogP contribution in [0.25, 0.3) is 10.9 Å². The van der Waals surface area contributed by atoms with Crippen molar-refractivity contribution < 1.29 is 9.47 Å². The molecule has 2 heterocycles. The van der Waals surface area contributed by atoms with E-state index in [0.717, 1.165) is 62.3 Å². The topological polar surface area (TPSA) is 46.6 Å². The summed E-state index contributed by atoms with van der Waals surface area (Å²) in [5.41, 5.74) is 3.10. The van der Waals surface area contributed by atoms with Crippen molar-refractivity contribution in [3.8, 4) is 17.2 Å². The van der Waals surface area contributed by atoms with Crippen molar-refractivity contribution in [2.45, 2.75) is 30.1 Å². The lowest BCUT2D eigenvalue weighted by molar-refractivity contribution is 0.308. The molecule has 4 aromatic rings. The van der Waals surface area contributed by atoms with Gasteiger partial charge in [-0.1, -0.05) is 49.0 Å². The first-order chi connectivity index (χ1) is 15.7. The molecule has 1 aliphatic rings. The van der Waals surface area contributed by atoms with E-state index in [0.29, 0.717) is 11.9 Å². The number of ether oxygens (including phenoxy) is 2. The number of thioether (sulfide) groups is 1. The number of nitrogens with one attached hydrogen (secondary N) is 1. The van der Waals surface area contributed by atoms with E-state index < -0.39 is 0 Å². The first-order valence-electron chi connectivity index (χ1n) is 10.7. The van der Waals surface area contributed by atoms with Gasteiger partial charge in [-0.25, -0.2) is 0 Å². The minimum Gasteiger partial charge on any atom is -0.487 e. The average Bonchev–Trinajstić information content (AvgIpc) is 3.47. The van der Waals surface area contributed by atoms with Crippen LogP contribution in [0.15, 0.2) is 82.7 Å². The van der Waals surface area contributed by atoms with Gasteiger partial charge in [0.1, 0.15) is 28.9 Å². The van der Waals surface area contributed by atoms with Crippen molar-refractivity contribution in [2.24, 2.45) is 4.99 Å². The van der Waals surface area contributed by atoms with E-state index in [1.165, 1.54) is 0 Å². The van der Waals surface area contributed by atoms with Crippen LogP contribution in [0, 0.1) is 0 Å². The molecule has 0 bridgehead atoms. The van der Waals surface area contributed by atoms with Gasteiger partial charge >= 0.3 is 0 Å². The van der Waals surface area contributed by atoms with Crippen LogP contribution in [-0.2, 0) is 6.61 Å². The smallest absolute Gasteiger partial charge is 0.147 e. The Morgan fingerprint density at radius 3 is 2.59 bits per heavy atom. The number of thiol groups is 1. The van der Waals surface area contributed by atoms with Crippen molar-refractivity contribution >= 4 is 40.3 Å². The zero-order valence-corrected chi connectivity index (χ0v) is 19.5. The van der Waals surface area contributed by atoms with Gasteiger partial charge in [0.25, 0.3) is 0 Å². The molecule has 4 nitrogen and oxygen atoms in total. The highest BCUT2D eigenvalue weighted by Gasteiger charge is 2.21. The Labute approximate surface area is 197 Å². The van der Waals surface area contributed by atoms with Gasteiger partial charge in [0, 0.05) is 21.6 Å². The molecule has 1 atom stereocenters. The maximum Gasteiger partial charge on any atom is 0.147 e. The predicted molar refractivity (Wildman–Crippen MR) is 136 cm³/mol. The summed E-state index contributed by atoms with van der Waals surface area (Å²) in [5.74, 6) is 2.24. The summed E-state index contributed by atoms with van der Waals surface area (Å²) in [6.07, 6.45) is 1.12. The summed E-state index contributed by atoms with van der Waals surface area (Å²) in [7, 11) is 0. The lowest BCUT2D eigenvalue weighted by atomic mass is 10.2. The van der Waals surface area contributed by atoms with Crippen LogP contribution < -0.4 is 9.47 Å². The van der Waals surface area contributed by atoms with Crippen LogP contribution in [0.4, 0.5) is 0 Å². The lowest BCUT2D eigenvalue weighted by Gasteiger charge is -2.11. The van der Waals surface area contributed by atoms with Crippen molar-refractivity contribution in [3.63, 3.8) is 0 Å². The molecule has 0 spiro atoms. The molecule has 0 amide bonds. The largest absolute Gasteiger partial charge is 0.487 e. The molecule has 0 saturated carbocycles. The molecule has 1 aliphatic heterocycles. The maximum atomic E-state index is 6.25. The number of rotatable bonds is 7. The first kappa shape index (κ1) is 21.0. The molecule has 32 heavy (non-hydrogen) atoms. The van der Waals surface area contributed by atoms with Gasteiger partial charge in [0.15, 0.2) is 0 Å². The van der Waals surface area contributed by atoms with E-state index in [4.69, 9.17) is 14.5 Å². The standard InChI is InChI=1S/C26H24N2O2S2/c1-2-22-15-27-26(32-22)23-13-18-12-20(30-19-8-10-21(31)11-9-19)14-24(25(18)28-23)29-16-17-6-4-3-5-7-17/h3-14,22,28,31H,2,15-16H2,1H3. The highest BCUT2D eigenvalue weighted by molar-refractivity contribution is 8.15. The second-order valence-corrected chi connectivity index (χ2v) is 9.54. The Balaban J connectivity index is 1.49. The van der Waals surface area contributed by atoms with Gasteiger partial charge in [0.2, 0.25) is 0 Å². The highest BCUT2D eigenvalue weighted by Crippen LogP contribution is 2.36. The fourth-order valence-electron chi connectivity index (χ4n) is 3.64. The Bertz CT molecular complexity index is 1250. The van der Waals surface area contributed by atoms with Gasteiger partial charge in [-0.2, -0.15) is 0 Å². The van der Waals surface area contributed by atoms with Crippen LogP contribution in [0.1, 0.15) is 24.6 Å². The molecule has 0 fully saturated rings. The molecule has 1 N–H and O–H groups in total. The van der Waals surface area contributed by atoms with Gasteiger partial charge in [0.05, 0.1) is 17.8 Å². The molecule has 0 aliphatic carbocycles. The van der Waals surface area contributed by atoms with Crippen molar-refractivity contribution in [3.05, 3.63) is 84.1 Å². The van der Waals surface area contributed by atoms with E-state index >= 15 is 0 Å². The van der Waals surface area contributed by atoms with Crippen LogP contribution in [0.5, 0.6) is 17.2 Å². The van der Waals surface area contributed by atoms with Gasteiger partial charge < -0.3 is 14.5 Å². The summed E-state index contributed by atoms with van der Waals surface area (Å²) in [5, 5.41) is 2.66. The monoisotopic (exact) mass is 460 g/mol. The Hall–Kier alpha value is -2.83. The van der Waals surface area contributed by atoms with Crippen LogP contribution >= 0.6 is 24.4 Å². The molecular formula is C26H24N2O2S2. The quantitative estimate of drug-likeness (QED) is 0.289. The van der Waals surface area contributed by atoms with E-state index in [2.05, 4.69) is 42.7 Å². The van der Waals surface area contributed by atoms with Gasteiger partial charge in [-0.05, 0) is 48.4 Å². The van der Waals surface area contributed by atoms with Crippen LogP contribution in [-0.4, -0.2) is 21.8 Å². The summed E-state index contributed by atoms with van der Waals surface area (Å²) in [6.45, 7) is 3.56. The fraction of sp³-hybridized carbons (Fsp3) is 0.192. The zero-order chi connectivity index (χ0) is 21.9. The molecular weight excluding hydrogens is 436 g/mol. The molecule has 5 rings (SSSR count). The second-order valence-electron chi connectivity index (χ2n) is 7.73. The molecule has 0 saturated heterocycles. The molecule has 6 heteroatoms. The third-order valence-corrected chi connectivity index (χ3v) is 7.06. The molecule has 3 aromatic carbocycles. The average molecular weight is 461 g/mol. The Kier molecular flexibility index (Phi) is 6.14. The number of hydrogen-bond acceptors (Lipinski definition) is 5. The number of fused-ring (bicyclic) bond motifs is 1. The van der Waals surface area contributed by atoms with Crippen LogP contribution in [0.3, 0.4) is 0 Å². The Morgan fingerprint density at radius 1 is 1.03 bits per heavy atom. The zero-order valence-electron chi connectivity index (χ0n) is 17.7. The third-order valence-electron chi connectivity index (χ3n) is 5.38. The van der Waals surface area contributed by atoms with E-state index in [1.54, 1.807) is 0 Å². The first-order valence-corrected chi connectivity index (χ1v) is 12.0. The van der Waals surface area contributed by atoms with Gasteiger partial charge in [-0.3, -0.25) is 4.99 Å². The summed E-state index contributed by atoms with van der Waals surface area (Å²) in [4.78, 5) is 9.19. The Morgan fingerprint density at radius 2 is 1.84 bits per heavy atom. The number of aromatic amines is 1. The van der Waals surface area contributed by atoms with E-state index in [-0.39, 0.29) is 0 Å². The molecule has 0 radical (unpaired) electrons. The van der Waals surface area contributed by atoms with Crippen molar-refractivity contribution in [1.82, 2.24) is 4.98 Å². The minimum atomic E-state index is 0.482. The highest BCUT2D eigenvalue weighted by atomic mass is 32.2. The van der Waals surface area contributed by atoms with Crippen molar-refractivity contribution in [2.75, 3.05) is 6.54 Å². The molecule has 1 aromatic heterocycles. The SMILES string of the molecule is CCC1CN=C(c2cc3cc(Oc4ccc(S)cc4)cc(OCc4ccccc4)c3[nH]2)S1. The normalized spacial score (nSPS) is 15.7. The van der Waals surface area contributed by atoms with E-state index in [1.807, 2.05) is 66.4 Å². The predicted octanol–water partition coefficient (Wildman–Crippen LogP) is 7.10. The second kappa shape index (κ2) is 9.35. The number of benzene rings is 3. The van der Waals surface area contributed by atoms with E-state index in [9.17, 15) is 0 Å². The summed E-state index contributed by atoms with van der Waals surface area (Å²) in [6, 6.07) is 23.9. The minimum absolute atomic E-state index is 0.482. The fourth-order valence-corrected chi connectivity index (χ4v) is 4.80. The third kappa shape index (κ3) is 4.66. The number of aromatic nitrogens is 1. The number of H-pyrrole nitrogens is 1. The number of hydrogen-bond donors (Lipinski definition) is 2. The molecule has 1 unspecified atom stereocenters.